The monoisotopic (exact) mass is 563 g/mol. The number of piperazine rings is 1. The SMILES string of the molecule is Cc1cc(N2CCN(C(=O)Nc3ccccc3)CC2)ccc1N(C(=O)c1nc[nH]c1C(N)=O)c1nc2ccccc2[nH]1. The molecule has 212 valence electrons. The first-order chi connectivity index (χ1) is 20.4. The number of nitrogens with two attached hydrogens (primary N) is 1. The highest BCUT2D eigenvalue weighted by Crippen LogP contribution is 2.33. The van der Waals surface area contributed by atoms with Crippen molar-refractivity contribution in [1.82, 2.24) is 24.8 Å². The summed E-state index contributed by atoms with van der Waals surface area (Å²) in [6.07, 6.45) is 1.26. The summed E-state index contributed by atoms with van der Waals surface area (Å²) in [4.78, 5) is 58.6. The van der Waals surface area contributed by atoms with Gasteiger partial charge in [0.1, 0.15) is 5.69 Å². The average Bonchev–Trinajstić information content (AvgIpc) is 3.67. The number of aromatic amines is 2. The molecule has 3 heterocycles. The molecule has 42 heavy (non-hydrogen) atoms. The lowest BCUT2D eigenvalue weighted by Gasteiger charge is -2.36. The third-order valence-corrected chi connectivity index (χ3v) is 7.26. The summed E-state index contributed by atoms with van der Waals surface area (Å²) in [6.45, 7) is 4.35. The number of hydrogen-bond acceptors (Lipinski definition) is 6. The summed E-state index contributed by atoms with van der Waals surface area (Å²) >= 11 is 0. The van der Waals surface area contributed by atoms with Gasteiger partial charge in [0.15, 0.2) is 5.69 Å². The fourth-order valence-corrected chi connectivity index (χ4v) is 5.09. The van der Waals surface area contributed by atoms with Crippen molar-refractivity contribution in [3.05, 3.63) is 96.1 Å². The number of aromatic nitrogens is 4. The number of para-hydroxylation sites is 3. The van der Waals surface area contributed by atoms with Crippen LogP contribution in [0.15, 0.2) is 79.1 Å². The molecule has 0 atom stereocenters. The topological polar surface area (TPSA) is 156 Å². The second-order valence-corrected chi connectivity index (χ2v) is 9.95. The minimum absolute atomic E-state index is 0.0791. The number of rotatable bonds is 6. The number of fused-ring (bicyclic) bond motifs is 1. The summed E-state index contributed by atoms with van der Waals surface area (Å²) in [5.74, 6) is -1.06. The molecule has 6 rings (SSSR count). The minimum atomic E-state index is -0.788. The second kappa shape index (κ2) is 11.1. The molecule has 2 aromatic heterocycles. The van der Waals surface area contributed by atoms with Crippen LogP contribution in [-0.4, -0.2) is 68.9 Å². The Balaban J connectivity index is 1.25. The first-order valence-electron chi connectivity index (χ1n) is 13.5. The molecule has 0 bridgehead atoms. The van der Waals surface area contributed by atoms with E-state index in [0.29, 0.717) is 37.4 Å². The van der Waals surface area contributed by atoms with Crippen LogP contribution in [0.2, 0.25) is 0 Å². The minimum Gasteiger partial charge on any atom is -0.368 e. The third kappa shape index (κ3) is 5.12. The van der Waals surface area contributed by atoms with E-state index in [4.69, 9.17) is 5.73 Å². The largest absolute Gasteiger partial charge is 0.368 e. The molecule has 0 aliphatic carbocycles. The summed E-state index contributed by atoms with van der Waals surface area (Å²) < 4.78 is 0. The van der Waals surface area contributed by atoms with Gasteiger partial charge in [-0.15, -0.1) is 0 Å². The van der Waals surface area contributed by atoms with Crippen molar-refractivity contribution in [2.45, 2.75) is 6.92 Å². The number of amides is 4. The van der Waals surface area contributed by atoms with Gasteiger partial charge in [-0.05, 0) is 55.0 Å². The van der Waals surface area contributed by atoms with Gasteiger partial charge in [0.2, 0.25) is 5.95 Å². The highest BCUT2D eigenvalue weighted by molar-refractivity contribution is 6.14. The Labute approximate surface area is 241 Å². The third-order valence-electron chi connectivity index (χ3n) is 7.26. The maximum atomic E-state index is 13.9. The van der Waals surface area contributed by atoms with Crippen molar-refractivity contribution >= 4 is 51.9 Å². The molecule has 5 N–H and O–H groups in total. The van der Waals surface area contributed by atoms with Crippen LogP contribution in [0, 0.1) is 6.92 Å². The van der Waals surface area contributed by atoms with E-state index in [1.54, 1.807) is 4.90 Å². The first-order valence-corrected chi connectivity index (χ1v) is 13.5. The van der Waals surface area contributed by atoms with Crippen molar-refractivity contribution in [2.24, 2.45) is 5.73 Å². The fourth-order valence-electron chi connectivity index (χ4n) is 5.09. The molecular formula is C30H29N9O3. The zero-order chi connectivity index (χ0) is 29.2. The van der Waals surface area contributed by atoms with Gasteiger partial charge in [-0.2, -0.15) is 0 Å². The van der Waals surface area contributed by atoms with Crippen LogP contribution >= 0.6 is 0 Å². The Hall–Kier alpha value is -5.65. The van der Waals surface area contributed by atoms with Crippen LogP contribution < -0.4 is 20.9 Å². The summed E-state index contributed by atoms with van der Waals surface area (Å²) in [6, 6.07) is 22.5. The highest BCUT2D eigenvalue weighted by Gasteiger charge is 2.30. The van der Waals surface area contributed by atoms with E-state index in [2.05, 4.69) is 30.2 Å². The quantitative estimate of drug-likeness (QED) is 0.244. The number of nitrogens with zero attached hydrogens (tertiary/aromatic N) is 5. The molecular weight excluding hydrogens is 534 g/mol. The van der Waals surface area contributed by atoms with Crippen LogP contribution in [0.4, 0.5) is 27.8 Å². The number of carbonyl (C=O) groups is 3. The Kier molecular flexibility index (Phi) is 7.01. The zero-order valence-electron chi connectivity index (χ0n) is 22.9. The molecule has 1 aliphatic rings. The molecule has 5 aromatic rings. The number of carbonyl (C=O) groups excluding carboxylic acids is 3. The predicted octanol–water partition coefficient (Wildman–Crippen LogP) is 4.03. The molecule has 1 aliphatic heterocycles. The lowest BCUT2D eigenvalue weighted by atomic mass is 10.1. The van der Waals surface area contributed by atoms with Gasteiger partial charge < -0.3 is 30.8 Å². The zero-order valence-corrected chi connectivity index (χ0v) is 22.9. The van der Waals surface area contributed by atoms with E-state index in [0.717, 1.165) is 22.5 Å². The number of imidazole rings is 2. The standard InChI is InChI=1S/C30H29N9O3/c1-19-17-21(37-13-15-38(16-14-37)30(42)34-20-7-3-2-4-8-20)11-12-24(19)39(28(41)26-25(27(31)40)32-18-33-26)29-35-22-9-5-6-10-23(22)36-29/h2-12,17-18H,13-16H2,1H3,(H2,31,40)(H,32,33)(H,34,42)(H,35,36). The average molecular weight is 564 g/mol. The predicted molar refractivity (Wildman–Crippen MR) is 160 cm³/mol. The Bertz CT molecular complexity index is 1740. The number of hydrogen-bond donors (Lipinski definition) is 4. The van der Waals surface area contributed by atoms with Crippen LogP contribution in [0.5, 0.6) is 0 Å². The molecule has 1 saturated heterocycles. The highest BCUT2D eigenvalue weighted by atomic mass is 16.2. The van der Waals surface area contributed by atoms with Crippen LogP contribution in [0.25, 0.3) is 11.0 Å². The van der Waals surface area contributed by atoms with Gasteiger partial charge in [-0.1, -0.05) is 30.3 Å². The van der Waals surface area contributed by atoms with Crippen molar-refractivity contribution < 1.29 is 14.4 Å². The van der Waals surface area contributed by atoms with E-state index in [9.17, 15) is 14.4 Å². The molecule has 1 fully saturated rings. The van der Waals surface area contributed by atoms with Crippen molar-refractivity contribution in [3.8, 4) is 0 Å². The number of aryl methyl sites for hydroxylation is 1. The number of anilines is 4. The normalized spacial score (nSPS) is 13.3. The Morgan fingerprint density at radius 2 is 1.69 bits per heavy atom. The summed E-state index contributed by atoms with van der Waals surface area (Å²) in [5, 5.41) is 2.94. The van der Waals surface area contributed by atoms with Crippen LogP contribution in [-0.2, 0) is 0 Å². The fraction of sp³-hybridized carbons (Fsp3) is 0.167. The van der Waals surface area contributed by atoms with E-state index in [1.165, 1.54) is 11.2 Å². The molecule has 12 nitrogen and oxygen atoms in total. The lowest BCUT2D eigenvalue weighted by molar-refractivity contribution is 0.0961. The summed E-state index contributed by atoms with van der Waals surface area (Å²) in [5.41, 5.74) is 9.87. The van der Waals surface area contributed by atoms with E-state index >= 15 is 0 Å². The maximum Gasteiger partial charge on any atom is 0.321 e. The van der Waals surface area contributed by atoms with Crippen molar-refractivity contribution in [3.63, 3.8) is 0 Å². The molecule has 3 aromatic carbocycles. The molecule has 0 saturated carbocycles. The number of H-pyrrole nitrogens is 2. The molecule has 0 radical (unpaired) electrons. The van der Waals surface area contributed by atoms with Gasteiger partial charge in [0, 0.05) is 37.6 Å². The van der Waals surface area contributed by atoms with Gasteiger partial charge >= 0.3 is 6.03 Å². The van der Waals surface area contributed by atoms with Gasteiger partial charge in [0.25, 0.3) is 11.8 Å². The van der Waals surface area contributed by atoms with Gasteiger partial charge in [-0.25, -0.2) is 19.7 Å². The Morgan fingerprint density at radius 3 is 2.40 bits per heavy atom. The van der Waals surface area contributed by atoms with E-state index in [1.807, 2.05) is 79.7 Å². The molecule has 12 heteroatoms. The van der Waals surface area contributed by atoms with Crippen LogP contribution in [0.3, 0.4) is 0 Å². The summed E-state index contributed by atoms with van der Waals surface area (Å²) in [7, 11) is 0. The molecule has 0 unspecified atom stereocenters. The van der Waals surface area contributed by atoms with Crippen molar-refractivity contribution in [2.75, 3.05) is 41.3 Å². The van der Waals surface area contributed by atoms with E-state index < -0.39 is 11.8 Å². The Morgan fingerprint density at radius 1 is 0.952 bits per heavy atom. The molecule has 0 spiro atoms. The molecule has 4 amide bonds. The lowest BCUT2D eigenvalue weighted by Crippen LogP contribution is -2.50. The number of primary amides is 1. The first kappa shape index (κ1) is 26.6. The van der Waals surface area contributed by atoms with Crippen molar-refractivity contribution in [1.29, 1.82) is 0 Å². The number of benzene rings is 3. The van der Waals surface area contributed by atoms with Gasteiger partial charge in [-0.3, -0.25) is 9.59 Å². The van der Waals surface area contributed by atoms with Crippen LogP contribution in [0.1, 0.15) is 26.5 Å². The number of nitrogens with one attached hydrogen (secondary N) is 3. The van der Waals surface area contributed by atoms with E-state index in [-0.39, 0.29) is 23.4 Å². The van der Waals surface area contributed by atoms with Gasteiger partial charge in [0.05, 0.1) is 23.0 Å². The second-order valence-electron chi connectivity index (χ2n) is 9.95. The smallest absolute Gasteiger partial charge is 0.321 e. The maximum absolute atomic E-state index is 13.9. The number of urea groups is 1.